The van der Waals surface area contributed by atoms with Crippen LogP contribution < -0.4 is 10.3 Å². The Labute approximate surface area is 230 Å². The van der Waals surface area contributed by atoms with E-state index in [1.165, 1.54) is 0 Å². The normalized spacial score (nSPS) is 14.8. The Hall–Kier alpha value is -3.95. The Kier molecular flexibility index (Phi) is 7.17. The SMILES string of the molecule is COc1ccc2[nH]c(=O)c([C@H](c3nnnn3C3CCCC3)N(Cc3ccco3)Cc3ccccc3Cl)cc2c1. The highest BCUT2D eigenvalue weighted by atomic mass is 35.5. The molecular weight excluding hydrogens is 516 g/mol. The second kappa shape index (κ2) is 11.0. The van der Waals surface area contributed by atoms with Gasteiger partial charge in [-0.15, -0.1) is 5.10 Å². The molecule has 2 aromatic carbocycles. The molecule has 200 valence electrons. The summed E-state index contributed by atoms with van der Waals surface area (Å²) in [4.78, 5) is 19.0. The number of ether oxygens (including phenoxy) is 1. The number of rotatable bonds is 9. The van der Waals surface area contributed by atoms with Crippen LogP contribution in [0.3, 0.4) is 0 Å². The maximum Gasteiger partial charge on any atom is 0.253 e. The number of hydrogen-bond donors (Lipinski definition) is 1. The highest BCUT2D eigenvalue weighted by Gasteiger charge is 2.34. The van der Waals surface area contributed by atoms with E-state index in [1.54, 1.807) is 13.4 Å². The Morgan fingerprint density at radius 2 is 1.97 bits per heavy atom. The van der Waals surface area contributed by atoms with Crippen LogP contribution in [0.5, 0.6) is 5.75 Å². The van der Waals surface area contributed by atoms with Crippen LogP contribution in [0.4, 0.5) is 0 Å². The van der Waals surface area contributed by atoms with Gasteiger partial charge in [-0.05, 0) is 71.3 Å². The molecule has 1 fully saturated rings. The monoisotopic (exact) mass is 544 g/mol. The van der Waals surface area contributed by atoms with Gasteiger partial charge in [0.15, 0.2) is 5.82 Å². The van der Waals surface area contributed by atoms with Crippen LogP contribution in [-0.4, -0.2) is 37.2 Å². The van der Waals surface area contributed by atoms with Crippen molar-refractivity contribution in [1.82, 2.24) is 30.1 Å². The highest BCUT2D eigenvalue weighted by Crippen LogP contribution is 2.36. The van der Waals surface area contributed by atoms with Crippen molar-refractivity contribution in [1.29, 1.82) is 0 Å². The van der Waals surface area contributed by atoms with Crippen LogP contribution in [0, 0.1) is 0 Å². The lowest BCUT2D eigenvalue weighted by Gasteiger charge is -2.31. The predicted molar refractivity (Wildman–Crippen MR) is 148 cm³/mol. The number of nitrogens with zero attached hydrogens (tertiary/aromatic N) is 5. The van der Waals surface area contributed by atoms with Crippen molar-refractivity contribution in [2.45, 2.75) is 50.9 Å². The van der Waals surface area contributed by atoms with Crippen LogP contribution in [0.15, 0.2) is 76.1 Å². The summed E-state index contributed by atoms with van der Waals surface area (Å²) in [6.07, 6.45) is 5.90. The number of methoxy groups -OCH3 is 1. The Morgan fingerprint density at radius 3 is 2.74 bits per heavy atom. The molecular formula is C29H29ClN6O3. The van der Waals surface area contributed by atoms with Crippen LogP contribution >= 0.6 is 11.6 Å². The van der Waals surface area contributed by atoms with Gasteiger partial charge >= 0.3 is 0 Å². The third kappa shape index (κ3) is 5.20. The summed E-state index contributed by atoms with van der Waals surface area (Å²) in [6.45, 7) is 0.855. The van der Waals surface area contributed by atoms with Crippen LogP contribution in [0.1, 0.15) is 60.5 Å². The van der Waals surface area contributed by atoms with Gasteiger partial charge in [0.2, 0.25) is 0 Å². The minimum atomic E-state index is -0.582. The first-order valence-corrected chi connectivity index (χ1v) is 13.5. The lowest BCUT2D eigenvalue weighted by molar-refractivity contribution is 0.176. The molecule has 5 aromatic rings. The number of aromatic nitrogens is 5. The maximum atomic E-state index is 13.7. The van der Waals surface area contributed by atoms with Gasteiger partial charge in [-0.3, -0.25) is 9.69 Å². The van der Waals surface area contributed by atoms with Gasteiger partial charge in [0.25, 0.3) is 5.56 Å². The number of fused-ring (bicyclic) bond motifs is 1. The third-order valence-corrected chi connectivity index (χ3v) is 7.81. The molecule has 10 heteroatoms. The number of furan rings is 1. The number of benzene rings is 2. The van der Waals surface area contributed by atoms with Crippen LogP contribution in [0.2, 0.25) is 5.02 Å². The first-order valence-electron chi connectivity index (χ1n) is 13.1. The Balaban J connectivity index is 1.55. The van der Waals surface area contributed by atoms with Crippen molar-refractivity contribution in [2.24, 2.45) is 0 Å². The number of hydrogen-bond acceptors (Lipinski definition) is 7. The predicted octanol–water partition coefficient (Wildman–Crippen LogP) is 5.68. The molecule has 0 saturated heterocycles. The standard InChI is InChI=1S/C29H29ClN6O3/c1-38-22-12-13-26-20(15-22)16-24(29(37)31-26)27(28-32-33-34-36(28)21-8-3-4-9-21)35(18-23-10-6-14-39-23)17-19-7-2-5-11-25(19)30/h2,5-7,10-16,21,27H,3-4,8-9,17-18H2,1H3,(H,31,37)/t27-/m1/s1. The molecule has 1 N–H and O–H groups in total. The number of H-pyrrole nitrogens is 1. The fourth-order valence-electron chi connectivity index (χ4n) is 5.51. The molecule has 0 spiro atoms. The molecule has 1 aliphatic rings. The van der Waals surface area contributed by atoms with Gasteiger partial charge in [-0.2, -0.15) is 0 Å². The fourth-order valence-corrected chi connectivity index (χ4v) is 5.70. The molecule has 0 amide bonds. The Morgan fingerprint density at radius 1 is 1.13 bits per heavy atom. The lowest BCUT2D eigenvalue weighted by atomic mass is 10.0. The summed E-state index contributed by atoms with van der Waals surface area (Å²) in [5, 5.41) is 14.5. The summed E-state index contributed by atoms with van der Waals surface area (Å²) in [5.74, 6) is 2.08. The molecule has 0 bridgehead atoms. The smallest absolute Gasteiger partial charge is 0.253 e. The van der Waals surface area contributed by atoms with E-state index in [2.05, 4.69) is 25.4 Å². The van der Waals surface area contributed by atoms with Crippen LogP contribution in [0.25, 0.3) is 10.9 Å². The maximum absolute atomic E-state index is 13.7. The zero-order valence-corrected chi connectivity index (χ0v) is 22.3. The van der Waals surface area contributed by atoms with Gasteiger partial charge in [0.1, 0.15) is 17.6 Å². The van der Waals surface area contributed by atoms with Crippen LogP contribution in [-0.2, 0) is 13.1 Å². The molecule has 6 rings (SSSR count). The van der Waals surface area contributed by atoms with E-state index in [4.69, 9.17) is 20.8 Å². The summed E-state index contributed by atoms with van der Waals surface area (Å²) in [5.41, 5.74) is 1.97. The second-order valence-corrected chi connectivity index (χ2v) is 10.3. The minimum Gasteiger partial charge on any atom is -0.497 e. The van der Waals surface area contributed by atoms with E-state index in [1.807, 2.05) is 65.3 Å². The van der Waals surface area contributed by atoms with E-state index < -0.39 is 6.04 Å². The number of halogens is 1. The third-order valence-electron chi connectivity index (χ3n) is 7.44. The van der Waals surface area contributed by atoms with Crippen molar-refractivity contribution in [3.8, 4) is 5.75 Å². The summed E-state index contributed by atoms with van der Waals surface area (Å²) in [7, 11) is 1.63. The average Bonchev–Trinajstić information content (AvgIpc) is 3.73. The number of pyridine rings is 1. The molecule has 0 unspecified atom stereocenters. The van der Waals surface area contributed by atoms with Crippen molar-refractivity contribution in [3.05, 3.63) is 105 Å². The molecule has 9 nitrogen and oxygen atoms in total. The van der Waals surface area contributed by atoms with E-state index in [9.17, 15) is 4.79 Å². The first kappa shape index (κ1) is 25.3. The van der Waals surface area contributed by atoms with E-state index in [0.29, 0.717) is 35.2 Å². The quantitative estimate of drug-likeness (QED) is 0.255. The largest absolute Gasteiger partial charge is 0.497 e. The van der Waals surface area contributed by atoms with E-state index in [0.717, 1.165) is 47.9 Å². The fraction of sp³-hybridized carbons (Fsp3) is 0.310. The number of aromatic amines is 1. The minimum absolute atomic E-state index is 0.183. The molecule has 0 radical (unpaired) electrons. The first-order chi connectivity index (χ1) is 19.1. The van der Waals surface area contributed by atoms with Gasteiger partial charge in [-0.1, -0.05) is 42.6 Å². The van der Waals surface area contributed by atoms with E-state index >= 15 is 0 Å². The van der Waals surface area contributed by atoms with Crippen molar-refractivity contribution >= 4 is 22.5 Å². The second-order valence-electron chi connectivity index (χ2n) is 9.91. The van der Waals surface area contributed by atoms with Gasteiger partial charge in [0, 0.05) is 28.0 Å². The molecule has 1 atom stereocenters. The number of tetrazole rings is 1. The van der Waals surface area contributed by atoms with E-state index in [-0.39, 0.29) is 11.6 Å². The molecule has 0 aliphatic heterocycles. The summed E-state index contributed by atoms with van der Waals surface area (Å²) < 4.78 is 13.1. The molecule has 3 aromatic heterocycles. The topological polar surface area (TPSA) is 102 Å². The molecule has 3 heterocycles. The zero-order valence-electron chi connectivity index (χ0n) is 21.6. The van der Waals surface area contributed by atoms with Gasteiger partial charge in [-0.25, -0.2) is 4.68 Å². The summed E-state index contributed by atoms with van der Waals surface area (Å²) >= 11 is 6.63. The van der Waals surface area contributed by atoms with Gasteiger partial charge in [0.05, 0.1) is 26.0 Å². The zero-order chi connectivity index (χ0) is 26.8. The van der Waals surface area contributed by atoms with Crippen molar-refractivity contribution in [2.75, 3.05) is 7.11 Å². The average molecular weight is 545 g/mol. The highest BCUT2D eigenvalue weighted by molar-refractivity contribution is 6.31. The lowest BCUT2D eigenvalue weighted by Crippen LogP contribution is -2.35. The molecule has 1 aliphatic carbocycles. The Bertz CT molecular complexity index is 1620. The number of nitrogens with one attached hydrogen (secondary N) is 1. The molecule has 1 saturated carbocycles. The molecule has 39 heavy (non-hydrogen) atoms. The van der Waals surface area contributed by atoms with Crippen molar-refractivity contribution in [3.63, 3.8) is 0 Å². The van der Waals surface area contributed by atoms with Crippen molar-refractivity contribution < 1.29 is 9.15 Å². The van der Waals surface area contributed by atoms with Gasteiger partial charge < -0.3 is 14.1 Å². The summed E-state index contributed by atoms with van der Waals surface area (Å²) in [6, 6.07) is 18.6.